The highest BCUT2D eigenvalue weighted by molar-refractivity contribution is 6.62. The van der Waals surface area contributed by atoms with Crippen molar-refractivity contribution in [2.75, 3.05) is 6.61 Å². The molecule has 1 heterocycles. The number of carbonyl (C=O) groups excluding carboxylic acids is 1. The number of hydrogen-bond acceptors (Lipinski definition) is 2. The molecule has 1 saturated heterocycles. The fraction of sp³-hybridized carbons (Fsp3) is 0.875. The first kappa shape index (κ1) is 8.78. The fourth-order valence-electron chi connectivity index (χ4n) is 1.67. The molecule has 2 nitrogen and oxygen atoms in total. The van der Waals surface area contributed by atoms with Crippen LogP contribution in [0.3, 0.4) is 0 Å². The van der Waals surface area contributed by atoms with E-state index in [0.717, 1.165) is 6.04 Å². The lowest BCUT2D eigenvalue weighted by molar-refractivity contribution is -0.140. The predicted molar refractivity (Wildman–Crippen MR) is 47.4 cm³/mol. The minimum absolute atomic E-state index is 0.0473. The van der Waals surface area contributed by atoms with Crippen molar-refractivity contribution in [3.05, 3.63) is 0 Å². The Morgan fingerprint density at radius 2 is 2.09 bits per heavy atom. The maximum Gasteiger partial charge on any atom is 0.302 e. The van der Waals surface area contributed by atoms with E-state index >= 15 is 0 Å². The lowest BCUT2D eigenvalue weighted by Crippen LogP contribution is -2.14. The monoisotopic (exact) mass is 172 g/mol. The summed E-state index contributed by atoms with van der Waals surface area (Å²) in [7, 11) is -0.645. The Balaban J connectivity index is 2.13. The van der Waals surface area contributed by atoms with Gasteiger partial charge in [0.2, 0.25) is 0 Å². The van der Waals surface area contributed by atoms with Gasteiger partial charge in [-0.2, -0.15) is 0 Å². The van der Waals surface area contributed by atoms with Crippen molar-refractivity contribution < 1.29 is 9.53 Å². The average Bonchev–Trinajstić information content (AvgIpc) is 2.40. The molecule has 64 valence electrons. The largest absolute Gasteiger partial charge is 0.466 e. The van der Waals surface area contributed by atoms with E-state index in [1.54, 1.807) is 0 Å². The first-order valence-electron chi connectivity index (χ1n) is 4.48. The zero-order valence-corrected chi connectivity index (χ0v) is 8.29. The Bertz CT molecular complexity index is 130. The summed E-state index contributed by atoms with van der Waals surface area (Å²) in [6.45, 7) is 2.41. The van der Waals surface area contributed by atoms with Crippen molar-refractivity contribution in [3.8, 4) is 0 Å². The summed E-state index contributed by atoms with van der Waals surface area (Å²) in [5.74, 6) is 0.0473. The van der Waals surface area contributed by atoms with Gasteiger partial charge in [-0.1, -0.05) is 24.9 Å². The summed E-state index contributed by atoms with van der Waals surface area (Å²) in [6, 6.07) is 3.51. The highest BCUT2D eigenvalue weighted by Gasteiger charge is 2.20. The van der Waals surface area contributed by atoms with Gasteiger partial charge >= 0.3 is 5.97 Å². The van der Waals surface area contributed by atoms with Gasteiger partial charge in [0.05, 0.1) is 6.61 Å². The van der Waals surface area contributed by atoms with Crippen LogP contribution in [0.4, 0.5) is 0 Å². The van der Waals surface area contributed by atoms with E-state index in [9.17, 15) is 4.79 Å². The molecule has 0 aliphatic carbocycles. The number of ether oxygens (including phenoxy) is 1. The highest BCUT2D eigenvalue weighted by atomic mass is 28.3. The molecule has 1 rings (SSSR count). The van der Waals surface area contributed by atoms with Crippen LogP contribution in [0, 0.1) is 0 Å². The Hall–Kier alpha value is -0.313. The zero-order valence-electron chi connectivity index (χ0n) is 7.14. The molecule has 0 N–H and O–H groups in total. The maximum atomic E-state index is 11.0. The van der Waals surface area contributed by atoms with Gasteiger partial charge in [-0.15, -0.1) is 0 Å². The van der Waals surface area contributed by atoms with Gasteiger partial charge in [0, 0.05) is 14.8 Å². The molecule has 3 heteroatoms. The van der Waals surface area contributed by atoms with E-state index in [1.807, 2.05) is 6.92 Å². The third-order valence-electron chi connectivity index (χ3n) is 2.24. The molecule has 0 unspecified atom stereocenters. The van der Waals surface area contributed by atoms with E-state index in [-0.39, 0.29) is 5.97 Å². The number of hydrogen-bond donors (Lipinski definition) is 0. The van der Waals surface area contributed by atoms with Gasteiger partial charge in [0.25, 0.3) is 0 Å². The SMILES string of the molecule is CCOC(=O)C[SiH]1CCCC1. The van der Waals surface area contributed by atoms with Crippen LogP contribution < -0.4 is 0 Å². The molecule has 0 aromatic carbocycles. The molecular formula is C8H16O2Si. The molecule has 0 spiro atoms. The first-order valence-corrected chi connectivity index (χ1v) is 6.93. The van der Waals surface area contributed by atoms with Crippen molar-refractivity contribution in [1.29, 1.82) is 0 Å². The number of carbonyl (C=O) groups is 1. The molecule has 1 aliphatic rings. The van der Waals surface area contributed by atoms with Gasteiger partial charge in [-0.25, -0.2) is 0 Å². The fourth-order valence-corrected chi connectivity index (χ4v) is 4.69. The molecule has 1 fully saturated rings. The second-order valence-electron chi connectivity index (χ2n) is 3.16. The van der Waals surface area contributed by atoms with Gasteiger partial charge in [0.1, 0.15) is 0 Å². The molecule has 0 saturated carbocycles. The molecule has 0 atom stereocenters. The highest BCUT2D eigenvalue weighted by Crippen LogP contribution is 2.22. The third-order valence-corrected chi connectivity index (χ3v) is 5.60. The van der Waals surface area contributed by atoms with Crippen molar-refractivity contribution in [3.63, 3.8) is 0 Å². The Morgan fingerprint density at radius 1 is 1.45 bits per heavy atom. The summed E-state index contributed by atoms with van der Waals surface area (Å²) in [4.78, 5) is 11.0. The van der Waals surface area contributed by atoms with Crippen LogP contribution in [-0.4, -0.2) is 21.4 Å². The molecule has 0 radical (unpaired) electrons. The molecule has 0 aromatic heterocycles. The molecule has 0 aromatic rings. The summed E-state index contributed by atoms with van der Waals surface area (Å²) in [6.07, 6.45) is 2.71. The van der Waals surface area contributed by atoms with Crippen molar-refractivity contribution in [2.45, 2.75) is 37.9 Å². The average molecular weight is 172 g/mol. The van der Waals surface area contributed by atoms with Crippen LogP contribution >= 0.6 is 0 Å². The predicted octanol–water partition coefficient (Wildman–Crippen LogP) is 1.57. The number of rotatable bonds is 3. The van der Waals surface area contributed by atoms with E-state index < -0.39 is 8.80 Å². The van der Waals surface area contributed by atoms with Crippen LogP contribution in [0.1, 0.15) is 19.8 Å². The summed E-state index contributed by atoms with van der Waals surface area (Å²) in [5, 5.41) is 0. The van der Waals surface area contributed by atoms with Crippen molar-refractivity contribution in [1.82, 2.24) is 0 Å². The Labute approximate surface area is 69.5 Å². The summed E-state index contributed by atoms with van der Waals surface area (Å²) < 4.78 is 4.90. The van der Waals surface area contributed by atoms with E-state index in [1.165, 1.54) is 24.9 Å². The van der Waals surface area contributed by atoms with Crippen LogP contribution in [-0.2, 0) is 9.53 Å². The van der Waals surface area contributed by atoms with E-state index in [0.29, 0.717) is 6.61 Å². The van der Waals surface area contributed by atoms with Gasteiger partial charge in [-0.3, -0.25) is 4.79 Å². The molecular weight excluding hydrogens is 156 g/mol. The molecule has 0 bridgehead atoms. The summed E-state index contributed by atoms with van der Waals surface area (Å²) in [5.41, 5.74) is 0. The number of esters is 1. The van der Waals surface area contributed by atoms with Crippen LogP contribution in [0.5, 0.6) is 0 Å². The second-order valence-corrected chi connectivity index (χ2v) is 6.45. The quantitative estimate of drug-likeness (QED) is 0.477. The standard InChI is InChI=1S/C8H16O2Si/c1-2-10-8(9)7-11-5-3-4-6-11/h11H,2-7H2,1H3. The third kappa shape index (κ3) is 3.06. The molecule has 0 amide bonds. The van der Waals surface area contributed by atoms with Gasteiger partial charge < -0.3 is 4.74 Å². The topological polar surface area (TPSA) is 26.3 Å². The van der Waals surface area contributed by atoms with E-state index in [2.05, 4.69) is 0 Å². The second kappa shape index (κ2) is 4.54. The van der Waals surface area contributed by atoms with Gasteiger partial charge in [0.15, 0.2) is 0 Å². The van der Waals surface area contributed by atoms with Crippen molar-refractivity contribution >= 4 is 14.8 Å². The molecule has 11 heavy (non-hydrogen) atoms. The Kier molecular flexibility index (Phi) is 3.63. The van der Waals surface area contributed by atoms with Crippen LogP contribution in [0.25, 0.3) is 0 Å². The minimum Gasteiger partial charge on any atom is -0.466 e. The summed E-state index contributed by atoms with van der Waals surface area (Å²) >= 11 is 0. The first-order chi connectivity index (χ1) is 5.33. The lowest BCUT2D eigenvalue weighted by Gasteiger charge is -2.05. The zero-order chi connectivity index (χ0) is 8.10. The van der Waals surface area contributed by atoms with Gasteiger partial charge in [-0.05, 0) is 6.92 Å². The normalized spacial score (nSPS) is 18.6. The van der Waals surface area contributed by atoms with Crippen LogP contribution in [0.2, 0.25) is 18.1 Å². The lowest BCUT2D eigenvalue weighted by atomic mass is 10.4. The minimum atomic E-state index is -0.645. The Morgan fingerprint density at radius 3 is 2.64 bits per heavy atom. The maximum absolute atomic E-state index is 11.0. The van der Waals surface area contributed by atoms with Crippen LogP contribution in [0.15, 0.2) is 0 Å². The van der Waals surface area contributed by atoms with Crippen molar-refractivity contribution in [2.24, 2.45) is 0 Å². The molecule has 1 aliphatic heterocycles. The van der Waals surface area contributed by atoms with E-state index in [4.69, 9.17) is 4.74 Å². The smallest absolute Gasteiger partial charge is 0.302 e.